The summed E-state index contributed by atoms with van der Waals surface area (Å²) in [5.74, 6) is -0.674. The first kappa shape index (κ1) is 18.7. The average molecular weight is 379 g/mol. The van der Waals surface area contributed by atoms with Crippen molar-refractivity contribution in [3.63, 3.8) is 0 Å². The maximum atomic E-state index is 13.4. The molecule has 0 aromatic carbocycles. The van der Waals surface area contributed by atoms with Gasteiger partial charge in [-0.25, -0.2) is 9.48 Å². The van der Waals surface area contributed by atoms with Crippen molar-refractivity contribution in [2.24, 2.45) is 5.92 Å². The van der Waals surface area contributed by atoms with Crippen LogP contribution < -0.4 is 10.6 Å². The Kier molecular flexibility index (Phi) is 5.33. The number of carboxylic acid groups (broad SMARTS) is 1. The van der Waals surface area contributed by atoms with Crippen LogP contribution in [0.3, 0.4) is 0 Å². The number of aromatic nitrogens is 3. The Hall–Kier alpha value is -3.04. The van der Waals surface area contributed by atoms with Crippen molar-refractivity contribution in [3.05, 3.63) is 30.2 Å². The Balaban J connectivity index is 2.13. The van der Waals surface area contributed by atoms with Gasteiger partial charge in [-0.2, -0.15) is 13.9 Å². The topological polar surface area (TPSA) is 109 Å². The minimum Gasteiger partial charge on any atom is -0.465 e. The summed E-state index contributed by atoms with van der Waals surface area (Å²) in [7, 11) is 0. The largest absolute Gasteiger partial charge is 0.465 e. The fourth-order valence-corrected chi connectivity index (χ4v) is 3.13. The zero-order valence-electron chi connectivity index (χ0n) is 14.5. The molecule has 1 aliphatic heterocycles. The second-order valence-electron chi connectivity index (χ2n) is 6.42. The molecule has 144 valence electrons. The molecular weight excluding hydrogens is 360 g/mol. The summed E-state index contributed by atoms with van der Waals surface area (Å²) in [6.45, 7) is -1.17. The lowest BCUT2D eigenvalue weighted by molar-refractivity contribution is -0.119. The lowest BCUT2D eigenvalue weighted by Gasteiger charge is -2.20. The molecule has 27 heavy (non-hydrogen) atoms. The van der Waals surface area contributed by atoms with Crippen molar-refractivity contribution < 1.29 is 23.5 Å². The summed E-state index contributed by atoms with van der Waals surface area (Å²) < 4.78 is 27.3. The van der Waals surface area contributed by atoms with Crippen LogP contribution in [0, 0.1) is 5.92 Å². The number of anilines is 1. The minimum atomic E-state index is -2.90. The number of carbonyl (C=O) groups excluding carboxylic acids is 1. The first-order valence-electron chi connectivity index (χ1n) is 8.49. The van der Waals surface area contributed by atoms with E-state index < -0.39 is 18.7 Å². The van der Waals surface area contributed by atoms with Crippen LogP contribution in [0.1, 0.15) is 44.5 Å². The highest BCUT2D eigenvalue weighted by Gasteiger charge is 2.25. The van der Waals surface area contributed by atoms with E-state index in [1.807, 2.05) is 0 Å². The van der Waals surface area contributed by atoms with Crippen LogP contribution in [0.5, 0.6) is 0 Å². The van der Waals surface area contributed by atoms with Crippen molar-refractivity contribution in [2.45, 2.75) is 38.8 Å². The van der Waals surface area contributed by atoms with E-state index in [1.165, 1.54) is 24.5 Å². The summed E-state index contributed by atoms with van der Waals surface area (Å²) in [5, 5.41) is 17.9. The number of alkyl halides is 2. The molecule has 0 saturated heterocycles. The third kappa shape index (κ3) is 4.04. The van der Waals surface area contributed by atoms with Gasteiger partial charge in [0.2, 0.25) is 5.91 Å². The molecule has 0 saturated carbocycles. The second-order valence-corrected chi connectivity index (χ2v) is 6.42. The Morgan fingerprint density at radius 1 is 1.44 bits per heavy atom. The van der Waals surface area contributed by atoms with Gasteiger partial charge in [-0.1, -0.05) is 13.3 Å². The van der Waals surface area contributed by atoms with Gasteiger partial charge in [0.1, 0.15) is 0 Å². The van der Waals surface area contributed by atoms with Crippen molar-refractivity contribution in [3.8, 4) is 11.3 Å². The van der Waals surface area contributed by atoms with Crippen molar-refractivity contribution >= 4 is 17.7 Å². The molecule has 2 aromatic heterocycles. The van der Waals surface area contributed by atoms with Gasteiger partial charge in [-0.3, -0.25) is 9.78 Å². The highest BCUT2D eigenvalue weighted by Crippen LogP contribution is 2.34. The van der Waals surface area contributed by atoms with E-state index in [2.05, 4.69) is 20.7 Å². The van der Waals surface area contributed by atoms with Gasteiger partial charge < -0.3 is 15.7 Å². The molecule has 3 rings (SSSR count). The normalized spacial score (nSPS) is 20.2. The summed E-state index contributed by atoms with van der Waals surface area (Å²) in [5.41, 5.74) is 0.998. The molecular formula is C17H19F2N5O3. The first-order valence-corrected chi connectivity index (χ1v) is 8.49. The maximum absolute atomic E-state index is 13.4. The summed E-state index contributed by atoms with van der Waals surface area (Å²) in [6, 6.07) is 2.45. The molecule has 0 spiro atoms. The lowest BCUT2D eigenvalue weighted by Crippen LogP contribution is -2.28. The predicted octanol–water partition coefficient (Wildman–Crippen LogP) is 3.41. The highest BCUT2D eigenvalue weighted by molar-refractivity contribution is 5.95. The van der Waals surface area contributed by atoms with E-state index in [9.17, 15) is 18.4 Å². The number of hydrogen-bond acceptors (Lipinski definition) is 4. The number of rotatable bonds is 2. The van der Waals surface area contributed by atoms with E-state index >= 15 is 0 Å². The Labute approximate surface area is 153 Å². The molecule has 1 aliphatic rings. The first-order chi connectivity index (χ1) is 12.9. The Morgan fingerprint density at radius 2 is 2.22 bits per heavy atom. The number of hydrogen-bond donors (Lipinski definition) is 3. The van der Waals surface area contributed by atoms with Crippen molar-refractivity contribution in [2.75, 3.05) is 5.32 Å². The number of amides is 2. The maximum Gasteiger partial charge on any atom is 0.405 e. The van der Waals surface area contributed by atoms with Crippen LogP contribution in [0.25, 0.3) is 11.3 Å². The van der Waals surface area contributed by atoms with Crippen LogP contribution in [0.4, 0.5) is 19.3 Å². The quantitative estimate of drug-likeness (QED) is 0.741. The van der Waals surface area contributed by atoms with Gasteiger partial charge in [0.05, 0.1) is 29.3 Å². The molecule has 0 radical (unpaired) electrons. The summed E-state index contributed by atoms with van der Waals surface area (Å²) >= 11 is 0. The minimum absolute atomic E-state index is 0.0452. The van der Waals surface area contributed by atoms with Crippen LogP contribution in [0.15, 0.2) is 24.5 Å². The van der Waals surface area contributed by atoms with Crippen LogP contribution in [0.2, 0.25) is 0 Å². The Morgan fingerprint density at radius 3 is 2.93 bits per heavy atom. The van der Waals surface area contributed by atoms with Crippen molar-refractivity contribution in [1.82, 2.24) is 20.1 Å². The number of halogens is 2. The molecule has 2 aromatic rings. The molecule has 2 bridgehead atoms. The third-order valence-corrected chi connectivity index (χ3v) is 4.52. The van der Waals surface area contributed by atoms with Crippen LogP contribution >= 0.6 is 0 Å². The molecule has 0 fully saturated rings. The van der Waals surface area contributed by atoms with Gasteiger partial charge in [-0.05, 0) is 25.0 Å². The fourth-order valence-electron chi connectivity index (χ4n) is 3.13. The van der Waals surface area contributed by atoms with Crippen molar-refractivity contribution in [1.29, 1.82) is 0 Å². The number of pyridine rings is 1. The van der Waals surface area contributed by atoms with Gasteiger partial charge in [0.15, 0.2) is 0 Å². The van der Waals surface area contributed by atoms with E-state index in [0.717, 1.165) is 0 Å². The molecule has 8 nitrogen and oxygen atoms in total. The second kappa shape index (κ2) is 7.68. The van der Waals surface area contributed by atoms with Crippen LogP contribution in [-0.2, 0) is 4.79 Å². The number of fused-ring (bicyclic) bond motifs is 4. The lowest BCUT2D eigenvalue weighted by atomic mass is 9.97. The van der Waals surface area contributed by atoms with Gasteiger partial charge in [-0.15, -0.1) is 0 Å². The zero-order chi connectivity index (χ0) is 19.6. The molecule has 0 aliphatic carbocycles. The highest BCUT2D eigenvalue weighted by atomic mass is 19.3. The molecule has 0 unspecified atom stereocenters. The fraction of sp³-hybridized carbons (Fsp3) is 0.412. The monoisotopic (exact) mass is 379 g/mol. The predicted molar refractivity (Wildman–Crippen MR) is 92.3 cm³/mol. The smallest absolute Gasteiger partial charge is 0.405 e. The number of nitrogens with one attached hydrogen (secondary N) is 2. The standard InChI is InChI=1S/C17H19F2N5O3/c1-9-3-2-4-11(23-17(26)27)12-7-10(5-6-20-12)14-13(22-15(9)25)8-21-24(14)16(18)19/h5-9,11,16,23H,2-4H2,1H3,(H,22,25)(H,26,27)/t9-,11-/m1/s1. The van der Waals surface area contributed by atoms with E-state index in [-0.39, 0.29) is 23.2 Å². The molecule has 3 heterocycles. The number of nitrogens with zero attached hydrogens (tertiary/aromatic N) is 3. The van der Waals surface area contributed by atoms with Gasteiger partial charge in [0.25, 0.3) is 0 Å². The zero-order valence-corrected chi connectivity index (χ0v) is 14.5. The van der Waals surface area contributed by atoms with E-state index in [4.69, 9.17) is 5.11 Å². The summed E-state index contributed by atoms with van der Waals surface area (Å²) in [6.07, 6.45) is 2.94. The number of carbonyl (C=O) groups is 2. The van der Waals surface area contributed by atoms with Crippen LogP contribution in [-0.4, -0.2) is 31.9 Å². The molecule has 3 N–H and O–H groups in total. The van der Waals surface area contributed by atoms with E-state index in [0.29, 0.717) is 35.2 Å². The molecule has 10 heteroatoms. The molecule has 2 amide bonds. The SMILES string of the molecule is C[C@@H]1CCC[C@@H](NC(=O)O)c2cc(ccn2)-c2c(cnn2C(F)F)NC1=O. The van der Waals surface area contributed by atoms with E-state index in [1.54, 1.807) is 6.92 Å². The Bertz CT molecular complexity index is 855. The third-order valence-electron chi connectivity index (χ3n) is 4.52. The summed E-state index contributed by atoms with van der Waals surface area (Å²) in [4.78, 5) is 27.7. The average Bonchev–Trinajstić information content (AvgIpc) is 3.03. The van der Waals surface area contributed by atoms with Gasteiger partial charge in [0, 0.05) is 17.7 Å². The molecule has 2 atom stereocenters. The van der Waals surface area contributed by atoms with Gasteiger partial charge >= 0.3 is 12.6 Å².